The van der Waals surface area contributed by atoms with Crippen molar-refractivity contribution >= 4 is 28.1 Å². The van der Waals surface area contributed by atoms with Crippen LogP contribution in [0.15, 0.2) is 60.7 Å². The molecule has 3 aromatic rings. The SMILES string of the molecule is Nc1cc(-c2cccc3ccccc23)ccc1Cl. The molecule has 0 saturated carbocycles. The molecule has 1 nitrogen and oxygen atoms in total. The van der Waals surface area contributed by atoms with Gasteiger partial charge in [0.05, 0.1) is 10.7 Å². The number of fused-ring (bicyclic) bond motifs is 1. The highest BCUT2D eigenvalue weighted by Gasteiger charge is 2.04. The lowest BCUT2D eigenvalue weighted by Crippen LogP contribution is -1.88. The van der Waals surface area contributed by atoms with E-state index in [1.165, 1.54) is 16.3 Å². The number of hydrogen-bond acceptors (Lipinski definition) is 1. The molecule has 0 heterocycles. The zero-order chi connectivity index (χ0) is 12.5. The van der Waals surface area contributed by atoms with E-state index in [0.29, 0.717) is 10.7 Å². The van der Waals surface area contributed by atoms with Gasteiger partial charge in [0.25, 0.3) is 0 Å². The van der Waals surface area contributed by atoms with Crippen molar-refractivity contribution < 1.29 is 0 Å². The van der Waals surface area contributed by atoms with E-state index in [-0.39, 0.29) is 0 Å². The van der Waals surface area contributed by atoms with Crippen LogP contribution < -0.4 is 5.73 Å². The van der Waals surface area contributed by atoms with Crippen molar-refractivity contribution in [1.82, 2.24) is 0 Å². The number of nitrogen functional groups attached to an aromatic ring is 1. The number of hydrogen-bond donors (Lipinski definition) is 1. The van der Waals surface area contributed by atoms with Crippen molar-refractivity contribution in [2.24, 2.45) is 0 Å². The average Bonchev–Trinajstić information content (AvgIpc) is 2.41. The normalized spacial score (nSPS) is 10.7. The van der Waals surface area contributed by atoms with Gasteiger partial charge in [-0.2, -0.15) is 0 Å². The van der Waals surface area contributed by atoms with Gasteiger partial charge < -0.3 is 5.73 Å². The molecule has 0 aromatic heterocycles. The Morgan fingerprint density at radius 2 is 1.61 bits per heavy atom. The second-order valence-electron chi connectivity index (χ2n) is 4.26. The molecule has 0 saturated heterocycles. The van der Waals surface area contributed by atoms with Gasteiger partial charge in [0.2, 0.25) is 0 Å². The highest BCUT2D eigenvalue weighted by molar-refractivity contribution is 6.33. The maximum atomic E-state index is 5.96. The van der Waals surface area contributed by atoms with Crippen LogP contribution in [0, 0.1) is 0 Å². The fourth-order valence-electron chi connectivity index (χ4n) is 2.19. The molecule has 2 heteroatoms. The molecule has 0 unspecified atom stereocenters. The van der Waals surface area contributed by atoms with Gasteiger partial charge in [-0.25, -0.2) is 0 Å². The smallest absolute Gasteiger partial charge is 0.0635 e. The molecule has 88 valence electrons. The second kappa shape index (κ2) is 4.35. The highest BCUT2D eigenvalue weighted by Crippen LogP contribution is 2.31. The van der Waals surface area contributed by atoms with Crippen LogP contribution in [0.1, 0.15) is 0 Å². The zero-order valence-corrected chi connectivity index (χ0v) is 10.5. The third-order valence-electron chi connectivity index (χ3n) is 3.10. The molecule has 0 aliphatic rings. The van der Waals surface area contributed by atoms with Crippen LogP contribution in [0.2, 0.25) is 5.02 Å². The first kappa shape index (κ1) is 11.1. The summed E-state index contributed by atoms with van der Waals surface area (Å²) in [5.74, 6) is 0. The largest absolute Gasteiger partial charge is 0.398 e. The van der Waals surface area contributed by atoms with Gasteiger partial charge in [0, 0.05) is 0 Å². The van der Waals surface area contributed by atoms with Crippen molar-refractivity contribution in [2.45, 2.75) is 0 Å². The van der Waals surface area contributed by atoms with Crippen LogP contribution in [0.3, 0.4) is 0 Å². The third kappa shape index (κ3) is 1.83. The Bertz CT molecular complexity index is 714. The fraction of sp³-hybridized carbons (Fsp3) is 0. The van der Waals surface area contributed by atoms with E-state index in [0.717, 1.165) is 5.56 Å². The summed E-state index contributed by atoms with van der Waals surface area (Å²) in [5, 5.41) is 3.05. The molecule has 0 amide bonds. The molecule has 0 radical (unpaired) electrons. The number of anilines is 1. The molecule has 0 fully saturated rings. The van der Waals surface area contributed by atoms with Crippen LogP contribution >= 0.6 is 11.6 Å². The minimum atomic E-state index is 0.596. The summed E-state index contributed by atoms with van der Waals surface area (Å²) in [5.41, 5.74) is 8.75. The summed E-state index contributed by atoms with van der Waals surface area (Å²) in [7, 11) is 0. The van der Waals surface area contributed by atoms with Gasteiger partial charge in [-0.15, -0.1) is 0 Å². The van der Waals surface area contributed by atoms with Gasteiger partial charge >= 0.3 is 0 Å². The predicted octanol–water partition coefficient (Wildman–Crippen LogP) is 4.74. The van der Waals surface area contributed by atoms with E-state index in [4.69, 9.17) is 17.3 Å². The monoisotopic (exact) mass is 253 g/mol. The average molecular weight is 254 g/mol. The summed E-state index contributed by atoms with van der Waals surface area (Å²) in [4.78, 5) is 0. The van der Waals surface area contributed by atoms with Crippen LogP contribution in [0.4, 0.5) is 5.69 Å². The van der Waals surface area contributed by atoms with Crippen molar-refractivity contribution in [1.29, 1.82) is 0 Å². The summed E-state index contributed by atoms with van der Waals surface area (Å²) < 4.78 is 0. The van der Waals surface area contributed by atoms with Crippen molar-refractivity contribution in [3.63, 3.8) is 0 Å². The fourth-order valence-corrected chi connectivity index (χ4v) is 2.31. The van der Waals surface area contributed by atoms with Gasteiger partial charge in [0.1, 0.15) is 0 Å². The molecule has 0 spiro atoms. The minimum absolute atomic E-state index is 0.596. The topological polar surface area (TPSA) is 26.0 Å². The Morgan fingerprint density at radius 3 is 2.44 bits per heavy atom. The first-order valence-corrected chi connectivity index (χ1v) is 6.17. The number of nitrogens with two attached hydrogens (primary N) is 1. The van der Waals surface area contributed by atoms with Crippen molar-refractivity contribution in [3.05, 3.63) is 65.7 Å². The molecule has 18 heavy (non-hydrogen) atoms. The summed E-state index contributed by atoms with van der Waals surface area (Å²) in [6.45, 7) is 0. The summed E-state index contributed by atoms with van der Waals surface area (Å²) in [6, 6.07) is 20.4. The highest BCUT2D eigenvalue weighted by atomic mass is 35.5. The zero-order valence-electron chi connectivity index (χ0n) is 9.73. The first-order chi connectivity index (χ1) is 8.75. The maximum absolute atomic E-state index is 5.96. The molecule has 0 aliphatic heterocycles. The number of rotatable bonds is 1. The van der Waals surface area contributed by atoms with Crippen LogP contribution in [-0.2, 0) is 0 Å². The lowest BCUT2D eigenvalue weighted by atomic mass is 9.98. The Kier molecular flexibility index (Phi) is 2.69. The van der Waals surface area contributed by atoms with Crippen LogP contribution in [0.25, 0.3) is 21.9 Å². The molecular formula is C16H12ClN. The van der Waals surface area contributed by atoms with E-state index >= 15 is 0 Å². The lowest BCUT2D eigenvalue weighted by Gasteiger charge is -2.08. The van der Waals surface area contributed by atoms with Crippen LogP contribution in [0.5, 0.6) is 0 Å². The van der Waals surface area contributed by atoms with Gasteiger partial charge in [-0.3, -0.25) is 0 Å². The van der Waals surface area contributed by atoms with Crippen LogP contribution in [-0.4, -0.2) is 0 Å². The summed E-state index contributed by atoms with van der Waals surface area (Å²) >= 11 is 5.96. The Labute approximate surface area is 111 Å². The number of halogens is 1. The molecule has 0 aliphatic carbocycles. The lowest BCUT2D eigenvalue weighted by molar-refractivity contribution is 1.64. The standard InChI is InChI=1S/C16H12ClN/c17-15-9-8-12(10-16(15)18)14-7-3-5-11-4-1-2-6-13(11)14/h1-10H,18H2. The minimum Gasteiger partial charge on any atom is -0.398 e. The van der Waals surface area contributed by atoms with E-state index in [1.807, 2.05) is 30.3 Å². The van der Waals surface area contributed by atoms with Crippen molar-refractivity contribution in [3.8, 4) is 11.1 Å². The third-order valence-corrected chi connectivity index (χ3v) is 3.44. The first-order valence-electron chi connectivity index (χ1n) is 5.79. The van der Waals surface area contributed by atoms with Gasteiger partial charge in [-0.05, 0) is 34.0 Å². The molecule has 3 rings (SSSR count). The van der Waals surface area contributed by atoms with Gasteiger partial charge in [-0.1, -0.05) is 60.1 Å². The molecule has 3 aromatic carbocycles. The maximum Gasteiger partial charge on any atom is 0.0635 e. The molecule has 0 bridgehead atoms. The van der Waals surface area contributed by atoms with E-state index in [9.17, 15) is 0 Å². The van der Waals surface area contributed by atoms with Gasteiger partial charge in [0.15, 0.2) is 0 Å². The quantitative estimate of drug-likeness (QED) is 0.623. The van der Waals surface area contributed by atoms with Crippen molar-refractivity contribution in [2.75, 3.05) is 5.73 Å². The molecular weight excluding hydrogens is 242 g/mol. The predicted molar refractivity (Wildman–Crippen MR) is 78.8 cm³/mol. The second-order valence-corrected chi connectivity index (χ2v) is 4.67. The van der Waals surface area contributed by atoms with E-state index < -0.39 is 0 Å². The van der Waals surface area contributed by atoms with E-state index in [2.05, 4.69) is 30.3 Å². The molecule has 2 N–H and O–H groups in total. The molecule has 0 atom stereocenters. The Morgan fingerprint density at radius 1 is 0.833 bits per heavy atom. The summed E-state index contributed by atoms with van der Waals surface area (Å²) in [6.07, 6.45) is 0. The Balaban J connectivity index is 2.28. The Hall–Kier alpha value is -1.99. The van der Waals surface area contributed by atoms with E-state index in [1.54, 1.807) is 0 Å². The number of benzene rings is 3.